The average molecular weight is 323 g/mol. The van der Waals surface area contributed by atoms with Crippen molar-refractivity contribution in [2.45, 2.75) is 13.0 Å². The number of amides is 1. The van der Waals surface area contributed by atoms with E-state index >= 15 is 0 Å². The van der Waals surface area contributed by atoms with E-state index in [0.29, 0.717) is 35.5 Å². The number of carbonyl (C=O) groups excluding carboxylic acids is 1. The van der Waals surface area contributed by atoms with Gasteiger partial charge in [-0.15, -0.1) is 0 Å². The van der Waals surface area contributed by atoms with Crippen molar-refractivity contribution >= 4 is 35.8 Å². The monoisotopic (exact) mass is 322 g/mol. The number of aromatic nitrogens is 1. The van der Waals surface area contributed by atoms with E-state index in [0.717, 1.165) is 5.56 Å². The van der Waals surface area contributed by atoms with E-state index in [1.54, 1.807) is 12.1 Å². The molecule has 1 heterocycles. The SMILES string of the molecule is O=C(CCS)Nc1ccc(Cl)nc1OCc1ccccc1. The predicted octanol–water partition coefficient (Wildman–Crippen LogP) is 3.57. The second-order valence-electron chi connectivity index (χ2n) is 4.28. The number of halogens is 1. The van der Waals surface area contributed by atoms with Crippen LogP contribution in [0.15, 0.2) is 42.5 Å². The van der Waals surface area contributed by atoms with E-state index in [1.807, 2.05) is 30.3 Å². The molecule has 0 aliphatic heterocycles. The van der Waals surface area contributed by atoms with Crippen LogP contribution in [0.4, 0.5) is 5.69 Å². The van der Waals surface area contributed by atoms with Gasteiger partial charge in [-0.05, 0) is 23.4 Å². The van der Waals surface area contributed by atoms with Crippen LogP contribution < -0.4 is 10.1 Å². The minimum absolute atomic E-state index is 0.140. The van der Waals surface area contributed by atoms with E-state index in [4.69, 9.17) is 16.3 Å². The molecule has 0 aliphatic carbocycles. The first kappa shape index (κ1) is 15.7. The number of nitrogens with one attached hydrogen (secondary N) is 1. The van der Waals surface area contributed by atoms with Crippen molar-refractivity contribution in [1.29, 1.82) is 0 Å². The molecule has 110 valence electrons. The van der Waals surface area contributed by atoms with Gasteiger partial charge in [-0.2, -0.15) is 17.6 Å². The van der Waals surface area contributed by atoms with Gasteiger partial charge in [0.05, 0.1) is 0 Å². The molecule has 0 saturated carbocycles. The Bertz CT molecular complexity index is 608. The van der Waals surface area contributed by atoms with Crippen LogP contribution in [0.2, 0.25) is 5.15 Å². The van der Waals surface area contributed by atoms with Crippen LogP contribution in [0.1, 0.15) is 12.0 Å². The summed E-state index contributed by atoms with van der Waals surface area (Å²) in [4.78, 5) is 15.8. The van der Waals surface area contributed by atoms with Crippen LogP contribution in [0.3, 0.4) is 0 Å². The van der Waals surface area contributed by atoms with Gasteiger partial charge in [0.1, 0.15) is 17.4 Å². The van der Waals surface area contributed by atoms with Crippen LogP contribution in [0.5, 0.6) is 5.88 Å². The largest absolute Gasteiger partial charge is 0.471 e. The third-order valence-electron chi connectivity index (χ3n) is 2.66. The maximum atomic E-state index is 11.6. The lowest BCUT2D eigenvalue weighted by Crippen LogP contribution is -2.13. The van der Waals surface area contributed by atoms with Crippen LogP contribution in [0, 0.1) is 0 Å². The fourth-order valence-corrected chi connectivity index (χ4v) is 2.01. The quantitative estimate of drug-likeness (QED) is 0.631. The lowest BCUT2D eigenvalue weighted by molar-refractivity contribution is -0.115. The van der Waals surface area contributed by atoms with Crippen LogP contribution >= 0.6 is 24.2 Å². The number of anilines is 1. The summed E-state index contributed by atoms with van der Waals surface area (Å²) in [5.41, 5.74) is 1.51. The summed E-state index contributed by atoms with van der Waals surface area (Å²) in [7, 11) is 0. The molecule has 2 aromatic rings. The maximum absolute atomic E-state index is 11.6. The molecule has 6 heteroatoms. The number of thiol groups is 1. The molecule has 0 fully saturated rings. The van der Waals surface area contributed by atoms with E-state index in [9.17, 15) is 4.79 Å². The number of hydrogen-bond acceptors (Lipinski definition) is 4. The Morgan fingerprint density at radius 2 is 2.00 bits per heavy atom. The number of nitrogens with zero attached hydrogens (tertiary/aromatic N) is 1. The molecule has 0 bridgehead atoms. The van der Waals surface area contributed by atoms with Gasteiger partial charge in [0.25, 0.3) is 0 Å². The molecule has 0 aliphatic rings. The molecule has 1 aromatic carbocycles. The highest BCUT2D eigenvalue weighted by Crippen LogP contribution is 2.25. The highest BCUT2D eigenvalue weighted by atomic mass is 35.5. The number of benzene rings is 1. The minimum Gasteiger partial charge on any atom is -0.471 e. The summed E-state index contributed by atoms with van der Waals surface area (Å²) in [6, 6.07) is 13.0. The number of pyridine rings is 1. The molecule has 0 spiro atoms. The second-order valence-corrected chi connectivity index (χ2v) is 5.12. The van der Waals surface area contributed by atoms with Gasteiger partial charge in [-0.3, -0.25) is 4.79 Å². The molecule has 0 atom stereocenters. The molecule has 1 N–H and O–H groups in total. The molecule has 0 unspecified atom stereocenters. The van der Waals surface area contributed by atoms with Gasteiger partial charge in [-0.25, -0.2) is 0 Å². The van der Waals surface area contributed by atoms with E-state index in [-0.39, 0.29) is 5.91 Å². The zero-order valence-electron chi connectivity index (χ0n) is 11.3. The molecule has 0 saturated heterocycles. The Labute approximate surface area is 133 Å². The first-order valence-electron chi connectivity index (χ1n) is 6.43. The minimum atomic E-state index is -0.140. The van der Waals surface area contributed by atoms with E-state index in [1.165, 1.54) is 0 Å². The van der Waals surface area contributed by atoms with Crippen LogP contribution in [-0.2, 0) is 11.4 Å². The number of ether oxygens (including phenoxy) is 1. The van der Waals surface area contributed by atoms with Gasteiger partial charge in [0.15, 0.2) is 0 Å². The van der Waals surface area contributed by atoms with Crippen molar-refractivity contribution in [3.8, 4) is 5.88 Å². The lowest BCUT2D eigenvalue weighted by atomic mass is 10.2. The number of carbonyl (C=O) groups is 1. The molecule has 4 nitrogen and oxygen atoms in total. The molecule has 1 amide bonds. The highest BCUT2D eigenvalue weighted by Gasteiger charge is 2.10. The Balaban J connectivity index is 2.09. The standard InChI is InChI=1S/C15H15ClN2O2S/c16-13-7-6-12(17-14(19)8-9-21)15(18-13)20-10-11-4-2-1-3-5-11/h1-7,21H,8-10H2,(H,17,19). The van der Waals surface area contributed by atoms with E-state index < -0.39 is 0 Å². The first-order valence-corrected chi connectivity index (χ1v) is 7.44. The summed E-state index contributed by atoms with van der Waals surface area (Å²) in [6.07, 6.45) is 0.323. The van der Waals surface area contributed by atoms with Gasteiger partial charge in [0, 0.05) is 6.42 Å². The second kappa shape index (κ2) is 7.90. The summed E-state index contributed by atoms with van der Waals surface area (Å²) >= 11 is 9.91. The summed E-state index contributed by atoms with van der Waals surface area (Å²) in [5, 5.41) is 3.05. The van der Waals surface area contributed by atoms with Gasteiger partial charge in [0.2, 0.25) is 11.8 Å². The smallest absolute Gasteiger partial charge is 0.239 e. The molecular formula is C15H15ClN2O2S. The Kier molecular flexibility index (Phi) is 5.90. The van der Waals surface area contributed by atoms with Gasteiger partial charge < -0.3 is 10.1 Å². The molecule has 0 radical (unpaired) electrons. The molecular weight excluding hydrogens is 308 g/mol. The molecule has 2 rings (SSSR count). The fourth-order valence-electron chi connectivity index (χ4n) is 1.66. The lowest BCUT2D eigenvalue weighted by Gasteiger charge is -2.11. The van der Waals surface area contributed by atoms with Crippen molar-refractivity contribution < 1.29 is 9.53 Å². The average Bonchev–Trinajstić information content (AvgIpc) is 2.49. The summed E-state index contributed by atoms with van der Waals surface area (Å²) in [6.45, 7) is 0.351. The van der Waals surface area contributed by atoms with Crippen molar-refractivity contribution in [3.63, 3.8) is 0 Å². The summed E-state index contributed by atoms with van der Waals surface area (Å²) < 4.78 is 5.65. The van der Waals surface area contributed by atoms with Gasteiger partial charge in [-0.1, -0.05) is 41.9 Å². The summed E-state index contributed by atoms with van der Waals surface area (Å²) in [5.74, 6) is 0.644. The maximum Gasteiger partial charge on any atom is 0.239 e. The topological polar surface area (TPSA) is 51.2 Å². The number of hydrogen-bond donors (Lipinski definition) is 2. The third kappa shape index (κ3) is 4.95. The van der Waals surface area contributed by atoms with Crippen molar-refractivity contribution in [3.05, 3.63) is 53.2 Å². The van der Waals surface area contributed by atoms with E-state index in [2.05, 4.69) is 22.9 Å². The van der Waals surface area contributed by atoms with Crippen molar-refractivity contribution in [2.24, 2.45) is 0 Å². The number of rotatable bonds is 6. The zero-order chi connectivity index (χ0) is 15.1. The highest BCUT2D eigenvalue weighted by molar-refractivity contribution is 7.80. The predicted molar refractivity (Wildman–Crippen MR) is 87.1 cm³/mol. The molecule has 1 aromatic heterocycles. The Hall–Kier alpha value is -1.72. The normalized spacial score (nSPS) is 10.2. The Morgan fingerprint density at radius 3 is 2.71 bits per heavy atom. The third-order valence-corrected chi connectivity index (χ3v) is 3.09. The first-order chi connectivity index (χ1) is 10.2. The van der Waals surface area contributed by atoms with Crippen LogP contribution in [-0.4, -0.2) is 16.6 Å². The molecule has 21 heavy (non-hydrogen) atoms. The van der Waals surface area contributed by atoms with Gasteiger partial charge >= 0.3 is 0 Å². The van der Waals surface area contributed by atoms with Crippen molar-refractivity contribution in [2.75, 3.05) is 11.1 Å². The van der Waals surface area contributed by atoms with Crippen LogP contribution in [0.25, 0.3) is 0 Å². The van der Waals surface area contributed by atoms with Crippen molar-refractivity contribution in [1.82, 2.24) is 4.98 Å². The zero-order valence-corrected chi connectivity index (χ0v) is 12.9. The fraction of sp³-hybridized carbons (Fsp3) is 0.200. The Morgan fingerprint density at radius 1 is 1.24 bits per heavy atom.